The maximum Gasteiger partial charge on any atom is 0.257 e. The molecule has 1 saturated heterocycles. The largest absolute Gasteiger partial charge is 0.335 e. The number of hydrogen-bond donors (Lipinski definition) is 0. The molecular formula is C16H19F2NO. The molecule has 20 heavy (non-hydrogen) atoms. The Morgan fingerprint density at radius 2 is 1.85 bits per heavy atom. The van der Waals surface area contributed by atoms with Gasteiger partial charge in [0.2, 0.25) is 0 Å². The predicted octanol–water partition coefficient (Wildman–Crippen LogP) is 3.76. The van der Waals surface area contributed by atoms with Crippen LogP contribution in [0.5, 0.6) is 0 Å². The van der Waals surface area contributed by atoms with E-state index < -0.39 is 11.6 Å². The van der Waals surface area contributed by atoms with Gasteiger partial charge in [0.25, 0.3) is 5.91 Å². The highest BCUT2D eigenvalue weighted by molar-refractivity contribution is 5.94. The Kier molecular flexibility index (Phi) is 3.72. The second-order valence-electron chi connectivity index (χ2n) is 5.85. The summed E-state index contributed by atoms with van der Waals surface area (Å²) in [6, 6.07) is 4.04. The second kappa shape index (κ2) is 5.51. The average Bonchev–Trinajstić information content (AvgIpc) is 2.49. The number of hydrogen-bond acceptors (Lipinski definition) is 1. The maximum atomic E-state index is 13.8. The van der Waals surface area contributed by atoms with Crippen molar-refractivity contribution in [2.45, 2.75) is 44.6 Å². The van der Waals surface area contributed by atoms with Crippen molar-refractivity contribution >= 4 is 5.91 Å². The summed E-state index contributed by atoms with van der Waals surface area (Å²) in [5.41, 5.74) is -0.128. The molecule has 2 fully saturated rings. The van der Waals surface area contributed by atoms with Gasteiger partial charge in [-0.05, 0) is 43.7 Å². The lowest BCUT2D eigenvalue weighted by Crippen LogP contribution is -2.49. The number of piperidine rings is 1. The minimum atomic E-state index is -1.02. The van der Waals surface area contributed by atoms with Gasteiger partial charge in [-0.1, -0.05) is 18.9 Å². The molecule has 3 rings (SSSR count). The number of likely N-dealkylation sites (tertiary alicyclic amines) is 1. The average molecular weight is 279 g/mol. The predicted molar refractivity (Wildman–Crippen MR) is 72.4 cm³/mol. The summed E-state index contributed by atoms with van der Waals surface area (Å²) in [7, 11) is 0. The van der Waals surface area contributed by atoms with E-state index in [1.807, 2.05) is 0 Å². The quantitative estimate of drug-likeness (QED) is 0.766. The van der Waals surface area contributed by atoms with Gasteiger partial charge in [0.1, 0.15) is 0 Å². The van der Waals surface area contributed by atoms with Crippen molar-refractivity contribution in [1.29, 1.82) is 0 Å². The first-order valence-corrected chi connectivity index (χ1v) is 7.43. The van der Waals surface area contributed by atoms with Crippen molar-refractivity contribution < 1.29 is 13.6 Å². The van der Waals surface area contributed by atoms with Crippen LogP contribution in [0.15, 0.2) is 18.2 Å². The molecule has 0 N–H and O–H groups in total. The van der Waals surface area contributed by atoms with Crippen molar-refractivity contribution in [3.63, 3.8) is 0 Å². The minimum Gasteiger partial charge on any atom is -0.335 e. The minimum absolute atomic E-state index is 0.128. The zero-order chi connectivity index (χ0) is 14.1. The van der Waals surface area contributed by atoms with Gasteiger partial charge in [0.05, 0.1) is 5.56 Å². The molecule has 1 aliphatic carbocycles. The third kappa shape index (κ3) is 2.32. The molecule has 0 radical (unpaired) electrons. The lowest BCUT2D eigenvalue weighted by atomic mass is 9.78. The Hall–Kier alpha value is -1.45. The molecule has 1 heterocycles. The molecule has 0 bridgehead atoms. The number of rotatable bonds is 1. The molecule has 1 aliphatic heterocycles. The van der Waals surface area contributed by atoms with E-state index in [-0.39, 0.29) is 17.5 Å². The van der Waals surface area contributed by atoms with E-state index in [4.69, 9.17) is 0 Å². The Balaban J connectivity index is 1.87. The van der Waals surface area contributed by atoms with E-state index in [1.54, 1.807) is 4.90 Å². The first kappa shape index (κ1) is 13.5. The van der Waals surface area contributed by atoms with Crippen molar-refractivity contribution in [2.24, 2.45) is 5.92 Å². The van der Waals surface area contributed by atoms with Crippen molar-refractivity contribution in [1.82, 2.24) is 4.90 Å². The zero-order valence-electron chi connectivity index (χ0n) is 11.4. The summed E-state index contributed by atoms with van der Waals surface area (Å²) in [5.74, 6) is -1.78. The Labute approximate surface area is 117 Å². The molecule has 1 amide bonds. The molecule has 0 aromatic heterocycles. The van der Waals surface area contributed by atoms with E-state index in [9.17, 15) is 13.6 Å². The summed E-state index contributed by atoms with van der Waals surface area (Å²) in [4.78, 5) is 14.3. The van der Waals surface area contributed by atoms with Gasteiger partial charge in [-0.15, -0.1) is 0 Å². The smallest absolute Gasteiger partial charge is 0.257 e. The van der Waals surface area contributed by atoms with Gasteiger partial charge >= 0.3 is 0 Å². The third-order valence-electron chi connectivity index (χ3n) is 4.69. The lowest BCUT2D eigenvalue weighted by Gasteiger charge is -2.44. The van der Waals surface area contributed by atoms with Crippen LogP contribution in [0.25, 0.3) is 0 Å². The summed E-state index contributed by atoms with van der Waals surface area (Å²) in [6.07, 6.45) is 6.60. The molecule has 0 spiro atoms. The molecule has 2 unspecified atom stereocenters. The molecule has 2 aliphatic rings. The number of benzene rings is 1. The number of carbonyl (C=O) groups is 1. The molecule has 1 aromatic rings. The number of nitrogens with zero attached hydrogens (tertiary/aromatic N) is 1. The fourth-order valence-corrected chi connectivity index (χ4v) is 3.70. The molecular weight excluding hydrogens is 260 g/mol. The van der Waals surface area contributed by atoms with E-state index in [0.29, 0.717) is 12.5 Å². The van der Waals surface area contributed by atoms with Crippen LogP contribution < -0.4 is 0 Å². The summed E-state index contributed by atoms with van der Waals surface area (Å²) < 4.78 is 27.1. The molecule has 1 saturated carbocycles. The first-order chi connectivity index (χ1) is 9.68. The Bertz CT molecular complexity index is 515. The van der Waals surface area contributed by atoms with Crippen LogP contribution >= 0.6 is 0 Å². The summed E-state index contributed by atoms with van der Waals surface area (Å²) in [6.45, 7) is 0.663. The lowest BCUT2D eigenvalue weighted by molar-refractivity contribution is 0.0385. The third-order valence-corrected chi connectivity index (χ3v) is 4.69. The van der Waals surface area contributed by atoms with Gasteiger partial charge in [-0.2, -0.15) is 0 Å². The number of amides is 1. The Morgan fingerprint density at radius 3 is 2.70 bits per heavy atom. The maximum absolute atomic E-state index is 13.8. The van der Waals surface area contributed by atoms with Gasteiger partial charge in [0.15, 0.2) is 11.6 Å². The van der Waals surface area contributed by atoms with Crippen LogP contribution in [0, 0.1) is 17.6 Å². The molecule has 4 heteroatoms. The van der Waals surface area contributed by atoms with Crippen molar-refractivity contribution in [3.8, 4) is 0 Å². The molecule has 2 atom stereocenters. The number of halogens is 2. The van der Waals surface area contributed by atoms with Gasteiger partial charge < -0.3 is 4.90 Å². The fourth-order valence-electron chi connectivity index (χ4n) is 3.70. The van der Waals surface area contributed by atoms with E-state index in [1.165, 1.54) is 18.6 Å². The number of fused-ring (bicyclic) bond motifs is 1. The fraction of sp³-hybridized carbons (Fsp3) is 0.562. The van der Waals surface area contributed by atoms with Crippen LogP contribution in [0.3, 0.4) is 0 Å². The van der Waals surface area contributed by atoms with Crippen LogP contribution in [0.2, 0.25) is 0 Å². The van der Waals surface area contributed by atoms with E-state index in [0.717, 1.165) is 38.2 Å². The zero-order valence-corrected chi connectivity index (χ0v) is 11.4. The first-order valence-electron chi connectivity index (χ1n) is 7.43. The molecule has 108 valence electrons. The van der Waals surface area contributed by atoms with Crippen LogP contribution in [-0.4, -0.2) is 23.4 Å². The number of carbonyl (C=O) groups excluding carboxylic acids is 1. The normalized spacial score (nSPS) is 26.2. The van der Waals surface area contributed by atoms with Gasteiger partial charge in [-0.25, -0.2) is 8.78 Å². The van der Waals surface area contributed by atoms with Crippen LogP contribution in [-0.2, 0) is 0 Å². The van der Waals surface area contributed by atoms with E-state index in [2.05, 4.69) is 0 Å². The van der Waals surface area contributed by atoms with Gasteiger partial charge in [-0.3, -0.25) is 4.79 Å². The molecule has 2 nitrogen and oxygen atoms in total. The van der Waals surface area contributed by atoms with Crippen molar-refractivity contribution in [3.05, 3.63) is 35.4 Å². The van der Waals surface area contributed by atoms with E-state index >= 15 is 0 Å². The molecule has 1 aromatic carbocycles. The summed E-state index contributed by atoms with van der Waals surface area (Å²) >= 11 is 0. The Morgan fingerprint density at radius 1 is 1.10 bits per heavy atom. The monoisotopic (exact) mass is 279 g/mol. The SMILES string of the molecule is O=C(c1cccc(F)c1F)N1CCCC2CCCCC21. The highest BCUT2D eigenvalue weighted by Crippen LogP contribution is 2.36. The van der Waals surface area contributed by atoms with Crippen LogP contribution in [0.4, 0.5) is 8.78 Å². The van der Waals surface area contributed by atoms with Gasteiger partial charge in [0, 0.05) is 12.6 Å². The second-order valence-corrected chi connectivity index (χ2v) is 5.85. The highest BCUT2D eigenvalue weighted by Gasteiger charge is 2.36. The topological polar surface area (TPSA) is 20.3 Å². The van der Waals surface area contributed by atoms with Crippen LogP contribution in [0.1, 0.15) is 48.9 Å². The standard InChI is InChI=1S/C16H19F2NO/c17-13-8-3-7-12(15(13)18)16(20)19-10-4-6-11-5-1-2-9-14(11)19/h3,7-8,11,14H,1-2,4-6,9-10H2. The summed E-state index contributed by atoms with van der Waals surface area (Å²) in [5, 5.41) is 0. The highest BCUT2D eigenvalue weighted by atomic mass is 19.2. The van der Waals surface area contributed by atoms with Crippen molar-refractivity contribution in [2.75, 3.05) is 6.54 Å².